The van der Waals surface area contributed by atoms with Gasteiger partial charge >= 0.3 is 6.09 Å². The zero-order valence-corrected chi connectivity index (χ0v) is 10.4. The summed E-state index contributed by atoms with van der Waals surface area (Å²) in [6, 6.07) is 7.32. The Morgan fingerprint density at radius 2 is 2.33 bits per heavy atom. The van der Waals surface area contributed by atoms with E-state index in [0.717, 1.165) is 11.3 Å². The van der Waals surface area contributed by atoms with E-state index in [2.05, 4.69) is 0 Å². The van der Waals surface area contributed by atoms with Gasteiger partial charge < -0.3 is 9.47 Å². The van der Waals surface area contributed by atoms with Gasteiger partial charge in [0.25, 0.3) is 0 Å². The van der Waals surface area contributed by atoms with Crippen LogP contribution >= 0.6 is 0 Å². The maximum absolute atomic E-state index is 11.4. The highest BCUT2D eigenvalue weighted by molar-refractivity contribution is 5.92. The molecular weight excluding hydrogens is 234 g/mol. The average molecular weight is 249 g/mol. The number of imide groups is 1. The maximum atomic E-state index is 11.4. The Labute approximate surface area is 105 Å². The van der Waals surface area contributed by atoms with Crippen LogP contribution in [0.25, 0.3) is 0 Å². The Kier molecular flexibility index (Phi) is 3.50. The van der Waals surface area contributed by atoms with Crippen molar-refractivity contribution in [1.29, 1.82) is 0 Å². The molecule has 5 nitrogen and oxygen atoms in total. The van der Waals surface area contributed by atoms with Gasteiger partial charge in [-0.3, -0.25) is 4.79 Å². The first kappa shape index (κ1) is 12.4. The number of cyclic esters (lactones) is 1. The number of hydrogen-bond acceptors (Lipinski definition) is 4. The highest BCUT2D eigenvalue weighted by Gasteiger charge is 2.35. The lowest BCUT2D eigenvalue weighted by Crippen LogP contribution is -2.38. The molecule has 1 aliphatic heterocycles. The van der Waals surface area contributed by atoms with Crippen LogP contribution in [0, 0.1) is 0 Å². The zero-order chi connectivity index (χ0) is 13.1. The molecule has 1 aliphatic rings. The van der Waals surface area contributed by atoms with Crippen molar-refractivity contribution in [3.05, 3.63) is 29.8 Å². The Hall–Kier alpha value is -2.04. The van der Waals surface area contributed by atoms with Crippen LogP contribution in [0.4, 0.5) is 4.79 Å². The van der Waals surface area contributed by atoms with Crippen molar-refractivity contribution in [3.63, 3.8) is 0 Å². The summed E-state index contributed by atoms with van der Waals surface area (Å²) < 4.78 is 10.0. The van der Waals surface area contributed by atoms with Gasteiger partial charge in [0.05, 0.1) is 13.2 Å². The number of carbonyl (C=O) groups is 2. The topological polar surface area (TPSA) is 55.8 Å². The molecule has 1 fully saturated rings. The van der Waals surface area contributed by atoms with Gasteiger partial charge in [-0.2, -0.15) is 0 Å². The first-order valence-electron chi connectivity index (χ1n) is 5.71. The molecule has 2 amide bonds. The molecule has 0 saturated carbocycles. The van der Waals surface area contributed by atoms with Gasteiger partial charge in [-0.1, -0.05) is 12.1 Å². The second-order valence-corrected chi connectivity index (χ2v) is 4.18. The van der Waals surface area contributed by atoms with Crippen molar-refractivity contribution in [1.82, 2.24) is 4.90 Å². The molecule has 1 aromatic carbocycles. The SMILES string of the molecule is COc1cccc(CC2COC(=O)N2C(C)=O)c1. The van der Waals surface area contributed by atoms with Crippen LogP contribution in [0.15, 0.2) is 24.3 Å². The third-order valence-corrected chi connectivity index (χ3v) is 2.91. The number of benzene rings is 1. The summed E-state index contributed by atoms with van der Waals surface area (Å²) in [6.45, 7) is 1.61. The van der Waals surface area contributed by atoms with Crippen LogP contribution in [0.1, 0.15) is 12.5 Å². The van der Waals surface area contributed by atoms with E-state index in [9.17, 15) is 9.59 Å². The fraction of sp³-hybridized carbons (Fsp3) is 0.385. The molecule has 0 bridgehead atoms. The highest BCUT2D eigenvalue weighted by Crippen LogP contribution is 2.20. The smallest absolute Gasteiger partial charge is 0.416 e. The van der Waals surface area contributed by atoms with Crippen LogP contribution in [-0.4, -0.2) is 36.7 Å². The molecule has 0 aromatic heterocycles. The molecule has 5 heteroatoms. The molecule has 0 spiro atoms. The van der Waals surface area contributed by atoms with Crippen molar-refractivity contribution >= 4 is 12.0 Å². The average Bonchev–Trinajstić information content (AvgIpc) is 2.70. The number of hydrogen-bond donors (Lipinski definition) is 0. The van der Waals surface area contributed by atoms with Crippen molar-refractivity contribution in [2.45, 2.75) is 19.4 Å². The number of amides is 2. The molecule has 1 atom stereocenters. The van der Waals surface area contributed by atoms with Crippen LogP contribution < -0.4 is 4.74 Å². The summed E-state index contributed by atoms with van der Waals surface area (Å²) in [5.41, 5.74) is 1.00. The van der Waals surface area contributed by atoms with E-state index in [0.29, 0.717) is 6.42 Å². The third kappa shape index (κ3) is 2.45. The largest absolute Gasteiger partial charge is 0.497 e. The maximum Gasteiger partial charge on any atom is 0.416 e. The van der Waals surface area contributed by atoms with Crippen molar-refractivity contribution in [2.75, 3.05) is 13.7 Å². The van der Waals surface area contributed by atoms with E-state index in [-0.39, 0.29) is 18.6 Å². The monoisotopic (exact) mass is 249 g/mol. The summed E-state index contributed by atoms with van der Waals surface area (Å²) in [5, 5.41) is 0. The van der Waals surface area contributed by atoms with Crippen molar-refractivity contribution < 1.29 is 19.1 Å². The minimum atomic E-state index is -0.560. The lowest BCUT2D eigenvalue weighted by Gasteiger charge is -2.17. The van der Waals surface area contributed by atoms with Gasteiger partial charge in [0.1, 0.15) is 12.4 Å². The molecule has 1 saturated heterocycles. The number of carbonyl (C=O) groups excluding carboxylic acids is 2. The van der Waals surface area contributed by atoms with E-state index in [1.54, 1.807) is 7.11 Å². The first-order valence-corrected chi connectivity index (χ1v) is 5.71. The van der Waals surface area contributed by atoms with Gasteiger partial charge in [0, 0.05) is 6.92 Å². The molecule has 18 heavy (non-hydrogen) atoms. The Morgan fingerprint density at radius 3 is 3.00 bits per heavy atom. The van der Waals surface area contributed by atoms with Gasteiger partial charge in [0.15, 0.2) is 0 Å². The van der Waals surface area contributed by atoms with Gasteiger partial charge in [-0.15, -0.1) is 0 Å². The van der Waals surface area contributed by atoms with Crippen LogP contribution in [-0.2, 0) is 16.0 Å². The van der Waals surface area contributed by atoms with Crippen LogP contribution in [0.3, 0.4) is 0 Å². The Bertz CT molecular complexity index is 472. The van der Waals surface area contributed by atoms with Gasteiger partial charge in [-0.05, 0) is 24.1 Å². The predicted octanol–water partition coefficient (Wildman–Crippen LogP) is 1.60. The van der Waals surface area contributed by atoms with E-state index in [4.69, 9.17) is 9.47 Å². The van der Waals surface area contributed by atoms with E-state index in [1.807, 2.05) is 24.3 Å². The van der Waals surface area contributed by atoms with E-state index >= 15 is 0 Å². The number of methoxy groups -OCH3 is 1. The third-order valence-electron chi connectivity index (χ3n) is 2.91. The van der Waals surface area contributed by atoms with Gasteiger partial charge in [-0.25, -0.2) is 9.69 Å². The fourth-order valence-corrected chi connectivity index (χ4v) is 2.07. The van der Waals surface area contributed by atoms with Crippen LogP contribution in [0.5, 0.6) is 5.75 Å². The van der Waals surface area contributed by atoms with Crippen LogP contribution in [0.2, 0.25) is 0 Å². The normalized spacial score (nSPS) is 18.7. The van der Waals surface area contributed by atoms with Crippen molar-refractivity contribution in [2.24, 2.45) is 0 Å². The lowest BCUT2D eigenvalue weighted by molar-refractivity contribution is -0.126. The summed E-state index contributed by atoms with van der Waals surface area (Å²) in [7, 11) is 1.60. The summed E-state index contributed by atoms with van der Waals surface area (Å²) in [6.07, 6.45) is 0.0121. The first-order chi connectivity index (χ1) is 8.61. The molecule has 96 valence electrons. The summed E-state index contributed by atoms with van der Waals surface area (Å²) in [5.74, 6) is 0.470. The Morgan fingerprint density at radius 1 is 1.56 bits per heavy atom. The minimum absolute atomic E-state index is 0.234. The minimum Gasteiger partial charge on any atom is -0.497 e. The molecule has 0 radical (unpaired) electrons. The van der Waals surface area contributed by atoms with Crippen molar-refractivity contribution in [3.8, 4) is 5.75 Å². The second-order valence-electron chi connectivity index (χ2n) is 4.18. The number of rotatable bonds is 3. The number of ether oxygens (including phenoxy) is 2. The molecule has 0 N–H and O–H groups in total. The number of nitrogens with zero attached hydrogens (tertiary/aromatic N) is 1. The second kappa shape index (κ2) is 5.08. The summed E-state index contributed by atoms with van der Waals surface area (Å²) in [4.78, 5) is 23.9. The fourth-order valence-electron chi connectivity index (χ4n) is 2.07. The Balaban J connectivity index is 2.13. The molecular formula is C13H15NO4. The molecule has 2 rings (SSSR count). The highest BCUT2D eigenvalue weighted by atomic mass is 16.6. The van der Waals surface area contributed by atoms with Gasteiger partial charge in [0.2, 0.25) is 5.91 Å². The molecule has 1 aromatic rings. The lowest BCUT2D eigenvalue weighted by atomic mass is 10.1. The molecule has 1 unspecified atom stereocenters. The van der Waals surface area contributed by atoms with E-state index in [1.165, 1.54) is 11.8 Å². The van der Waals surface area contributed by atoms with E-state index < -0.39 is 6.09 Å². The standard InChI is InChI=1S/C13H15NO4/c1-9(15)14-11(8-18-13(14)16)6-10-4-3-5-12(7-10)17-2/h3-5,7,11H,6,8H2,1-2H3. The zero-order valence-electron chi connectivity index (χ0n) is 10.4. The quantitative estimate of drug-likeness (QED) is 0.816. The predicted molar refractivity (Wildman–Crippen MR) is 64.4 cm³/mol. The summed E-state index contributed by atoms with van der Waals surface area (Å²) >= 11 is 0. The molecule has 1 heterocycles. The molecule has 0 aliphatic carbocycles.